The number of rotatable bonds is 8. The summed E-state index contributed by atoms with van der Waals surface area (Å²) in [5, 5.41) is 3.84. The highest BCUT2D eigenvalue weighted by Crippen LogP contribution is 2.24. The molecule has 0 bridgehead atoms. The Morgan fingerprint density at radius 3 is 2.21 bits per heavy atom. The van der Waals surface area contributed by atoms with Crippen molar-refractivity contribution in [1.29, 1.82) is 0 Å². The molecule has 176 valence electrons. The minimum atomic E-state index is -4.12. The molecule has 0 radical (unpaired) electrons. The average molecular weight is 484 g/mol. The molecule has 0 spiro atoms. The third-order valence-corrected chi connectivity index (χ3v) is 6.53. The van der Waals surface area contributed by atoms with Crippen LogP contribution in [0.4, 0.5) is 10.1 Å². The van der Waals surface area contributed by atoms with Gasteiger partial charge in [-0.3, -0.25) is 9.10 Å². The fraction of sp³-hybridized carbons (Fsp3) is 0.125. The number of amides is 1. The number of nitrogens with zero attached hydrogens (tertiary/aromatic N) is 2. The number of hydrogen-bond acceptors (Lipinski definition) is 6. The van der Waals surface area contributed by atoms with Crippen LogP contribution < -0.4 is 9.73 Å². The molecule has 0 saturated heterocycles. The Morgan fingerprint density at radius 1 is 1.00 bits per heavy atom. The van der Waals surface area contributed by atoms with Crippen LogP contribution in [0.1, 0.15) is 21.5 Å². The lowest BCUT2D eigenvalue weighted by Crippen LogP contribution is -2.39. The highest BCUT2D eigenvalue weighted by molar-refractivity contribution is 7.92. The first-order valence-corrected chi connectivity index (χ1v) is 11.5. The van der Waals surface area contributed by atoms with Gasteiger partial charge in [0, 0.05) is 0 Å². The Hall–Kier alpha value is -4.05. The lowest BCUT2D eigenvalue weighted by molar-refractivity contribution is -0.119. The van der Waals surface area contributed by atoms with E-state index in [1.807, 2.05) is 6.92 Å². The second-order valence-corrected chi connectivity index (χ2v) is 9.07. The number of benzene rings is 3. The largest absolute Gasteiger partial charge is 0.465 e. The van der Waals surface area contributed by atoms with Gasteiger partial charge >= 0.3 is 5.97 Å². The highest BCUT2D eigenvalue weighted by Gasteiger charge is 2.27. The number of carbonyl (C=O) groups excluding carboxylic acids is 2. The molecule has 0 atom stereocenters. The third-order valence-electron chi connectivity index (χ3n) is 4.75. The lowest BCUT2D eigenvalue weighted by atomic mass is 10.1. The number of anilines is 1. The van der Waals surface area contributed by atoms with Crippen LogP contribution >= 0.6 is 0 Å². The molecule has 1 N–H and O–H groups in total. The number of nitrogens with one attached hydrogen (secondary N) is 1. The van der Waals surface area contributed by atoms with Crippen molar-refractivity contribution in [3.8, 4) is 0 Å². The van der Waals surface area contributed by atoms with E-state index in [2.05, 4.69) is 15.3 Å². The molecule has 0 aliphatic rings. The van der Waals surface area contributed by atoms with Crippen molar-refractivity contribution < 1.29 is 27.1 Å². The lowest BCUT2D eigenvalue weighted by Gasteiger charge is -2.23. The predicted octanol–water partition coefficient (Wildman–Crippen LogP) is 3.27. The van der Waals surface area contributed by atoms with Gasteiger partial charge in [-0.25, -0.2) is 23.0 Å². The number of esters is 1. The van der Waals surface area contributed by atoms with Gasteiger partial charge in [-0.2, -0.15) is 5.10 Å². The molecule has 3 aromatic carbocycles. The summed E-state index contributed by atoms with van der Waals surface area (Å²) in [5.74, 6) is -1.72. The van der Waals surface area contributed by atoms with Crippen molar-refractivity contribution in [3.05, 3.63) is 95.3 Å². The second kappa shape index (κ2) is 10.7. The molecule has 34 heavy (non-hydrogen) atoms. The standard InChI is InChI=1S/C24H22FN3O5S/c1-17-3-13-22(14-4-17)34(31,32)28(21-11-9-20(25)10-12-21)16-23(29)27-26-15-18-5-7-19(8-6-18)24(30)33-2/h3-15H,16H2,1-2H3,(H,27,29)/b26-15-. The van der Waals surface area contributed by atoms with Gasteiger partial charge < -0.3 is 4.74 Å². The average Bonchev–Trinajstić information content (AvgIpc) is 2.83. The fourth-order valence-electron chi connectivity index (χ4n) is 2.93. The van der Waals surface area contributed by atoms with E-state index in [0.717, 1.165) is 22.0 Å². The molecular formula is C24H22FN3O5S. The zero-order valence-electron chi connectivity index (χ0n) is 18.4. The van der Waals surface area contributed by atoms with Crippen molar-refractivity contribution in [2.45, 2.75) is 11.8 Å². The molecule has 10 heteroatoms. The van der Waals surface area contributed by atoms with Gasteiger partial charge in [0.2, 0.25) is 0 Å². The molecule has 0 fully saturated rings. The Bertz CT molecular complexity index is 1290. The van der Waals surface area contributed by atoms with E-state index in [0.29, 0.717) is 11.1 Å². The van der Waals surface area contributed by atoms with Crippen LogP contribution in [-0.2, 0) is 19.6 Å². The molecule has 3 rings (SSSR count). The molecule has 1 amide bonds. The van der Waals surface area contributed by atoms with Crippen molar-refractivity contribution in [1.82, 2.24) is 5.43 Å². The number of sulfonamides is 1. The SMILES string of the molecule is COC(=O)c1ccc(/C=N\NC(=O)CN(c2ccc(F)cc2)S(=O)(=O)c2ccc(C)cc2)cc1. The van der Waals surface area contributed by atoms with Gasteiger partial charge in [0.05, 0.1) is 29.5 Å². The zero-order chi connectivity index (χ0) is 24.7. The zero-order valence-corrected chi connectivity index (χ0v) is 19.3. The maximum atomic E-state index is 13.4. The molecule has 8 nitrogen and oxygen atoms in total. The summed E-state index contributed by atoms with van der Waals surface area (Å²) in [6, 6.07) is 17.2. The molecule has 0 aliphatic carbocycles. The van der Waals surface area contributed by atoms with E-state index in [4.69, 9.17) is 0 Å². The van der Waals surface area contributed by atoms with Crippen LogP contribution in [0.25, 0.3) is 0 Å². The second-order valence-electron chi connectivity index (χ2n) is 7.21. The van der Waals surface area contributed by atoms with Gasteiger partial charge in [-0.15, -0.1) is 0 Å². The Balaban J connectivity index is 1.77. The van der Waals surface area contributed by atoms with E-state index in [9.17, 15) is 22.4 Å². The van der Waals surface area contributed by atoms with Gasteiger partial charge in [0.25, 0.3) is 15.9 Å². The van der Waals surface area contributed by atoms with Crippen LogP contribution in [0.3, 0.4) is 0 Å². The topological polar surface area (TPSA) is 105 Å². The summed E-state index contributed by atoms with van der Waals surface area (Å²) >= 11 is 0. The van der Waals surface area contributed by atoms with Gasteiger partial charge in [-0.05, 0) is 61.0 Å². The number of hydrazone groups is 1. The van der Waals surface area contributed by atoms with Crippen LogP contribution in [0.2, 0.25) is 0 Å². The number of aryl methyl sites for hydroxylation is 1. The van der Waals surface area contributed by atoms with Gasteiger partial charge in [0.15, 0.2) is 0 Å². The van der Waals surface area contributed by atoms with Crippen LogP contribution in [0.5, 0.6) is 0 Å². The van der Waals surface area contributed by atoms with E-state index in [1.54, 1.807) is 36.4 Å². The van der Waals surface area contributed by atoms with Crippen molar-refractivity contribution >= 4 is 33.8 Å². The number of carbonyl (C=O) groups is 2. The minimum absolute atomic E-state index is 0.00979. The Kier molecular flexibility index (Phi) is 7.75. The van der Waals surface area contributed by atoms with Crippen molar-refractivity contribution in [3.63, 3.8) is 0 Å². The van der Waals surface area contributed by atoms with Crippen LogP contribution in [0.15, 0.2) is 82.8 Å². The number of halogens is 1. The van der Waals surface area contributed by atoms with Crippen LogP contribution in [-0.4, -0.2) is 40.2 Å². The van der Waals surface area contributed by atoms with Crippen LogP contribution in [0, 0.1) is 12.7 Å². The van der Waals surface area contributed by atoms with E-state index in [-0.39, 0.29) is 10.6 Å². The predicted molar refractivity (Wildman–Crippen MR) is 126 cm³/mol. The number of methoxy groups -OCH3 is 1. The number of ether oxygens (including phenoxy) is 1. The summed E-state index contributed by atoms with van der Waals surface area (Å²) in [4.78, 5) is 24.0. The first kappa shape index (κ1) is 24.6. The van der Waals surface area contributed by atoms with E-state index >= 15 is 0 Å². The first-order valence-electron chi connectivity index (χ1n) is 10.1. The number of hydrogen-bond donors (Lipinski definition) is 1. The Morgan fingerprint density at radius 2 is 1.62 bits per heavy atom. The highest BCUT2D eigenvalue weighted by atomic mass is 32.2. The van der Waals surface area contributed by atoms with E-state index < -0.39 is 34.3 Å². The molecule has 3 aromatic rings. The summed E-state index contributed by atoms with van der Waals surface area (Å²) in [7, 11) is -2.84. The van der Waals surface area contributed by atoms with Crippen molar-refractivity contribution in [2.75, 3.05) is 18.0 Å². The Labute approximate surface area is 196 Å². The normalized spacial score (nSPS) is 11.3. The summed E-state index contributed by atoms with van der Waals surface area (Å²) in [5.41, 5.74) is 4.24. The summed E-state index contributed by atoms with van der Waals surface area (Å²) in [6.45, 7) is 1.24. The van der Waals surface area contributed by atoms with Gasteiger partial charge in [-0.1, -0.05) is 29.8 Å². The summed E-state index contributed by atoms with van der Waals surface area (Å²) in [6.07, 6.45) is 1.34. The molecule has 0 aliphatic heterocycles. The molecular weight excluding hydrogens is 461 g/mol. The maximum absolute atomic E-state index is 13.4. The van der Waals surface area contributed by atoms with Crippen molar-refractivity contribution in [2.24, 2.45) is 5.10 Å². The smallest absolute Gasteiger partial charge is 0.337 e. The van der Waals surface area contributed by atoms with Gasteiger partial charge in [0.1, 0.15) is 12.4 Å². The molecule has 0 heterocycles. The third kappa shape index (κ3) is 6.04. The monoisotopic (exact) mass is 483 g/mol. The maximum Gasteiger partial charge on any atom is 0.337 e. The molecule has 0 aromatic heterocycles. The van der Waals surface area contributed by atoms with E-state index in [1.165, 1.54) is 37.6 Å². The quantitative estimate of drug-likeness (QED) is 0.301. The molecule has 0 unspecified atom stereocenters. The molecule has 0 saturated carbocycles. The summed E-state index contributed by atoms with van der Waals surface area (Å²) < 4.78 is 45.4. The fourth-order valence-corrected chi connectivity index (χ4v) is 4.35. The first-order chi connectivity index (χ1) is 16.2. The minimum Gasteiger partial charge on any atom is -0.465 e.